The van der Waals surface area contributed by atoms with Gasteiger partial charge in [-0.25, -0.2) is 4.98 Å². The largest absolute Gasteiger partial charge is 0.294 e. The molecule has 2 heterocycles. The first-order chi connectivity index (χ1) is 11.7. The first kappa shape index (κ1) is 15.3. The fraction of sp³-hybridized carbons (Fsp3) is 0.0526. The van der Waals surface area contributed by atoms with Crippen molar-refractivity contribution in [1.82, 2.24) is 9.55 Å². The normalized spacial score (nSPS) is 11.0. The molecule has 0 radical (unpaired) electrons. The zero-order valence-electron chi connectivity index (χ0n) is 12.6. The summed E-state index contributed by atoms with van der Waals surface area (Å²) in [4.78, 5) is 18.2. The van der Waals surface area contributed by atoms with Crippen LogP contribution >= 0.6 is 27.3 Å². The zero-order chi connectivity index (χ0) is 16.5. The molecule has 0 aliphatic carbocycles. The van der Waals surface area contributed by atoms with Crippen molar-refractivity contribution in [2.24, 2.45) is 0 Å². The molecule has 0 aliphatic heterocycles. The Morgan fingerprint density at radius 1 is 1.04 bits per heavy atom. The number of hydrogen-bond donors (Lipinski definition) is 0. The number of thiophene rings is 1. The average Bonchev–Trinajstić information content (AvgIpc) is 3.04. The molecule has 24 heavy (non-hydrogen) atoms. The Kier molecular flexibility index (Phi) is 4.04. The molecule has 0 saturated heterocycles. The Morgan fingerprint density at radius 2 is 1.79 bits per heavy atom. The minimum absolute atomic E-state index is 0.00280. The van der Waals surface area contributed by atoms with Crippen LogP contribution in [-0.2, 0) is 6.54 Å². The van der Waals surface area contributed by atoms with Gasteiger partial charge in [0.15, 0.2) is 0 Å². The van der Waals surface area contributed by atoms with Crippen LogP contribution in [0.25, 0.3) is 21.3 Å². The highest BCUT2D eigenvalue weighted by Crippen LogP contribution is 2.31. The molecule has 2 aromatic heterocycles. The highest BCUT2D eigenvalue weighted by molar-refractivity contribution is 9.10. The molecule has 5 heteroatoms. The van der Waals surface area contributed by atoms with E-state index in [0.717, 1.165) is 26.0 Å². The van der Waals surface area contributed by atoms with Gasteiger partial charge in [0.1, 0.15) is 4.83 Å². The molecule has 118 valence electrons. The van der Waals surface area contributed by atoms with Crippen molar-refractivity contribution in [2.45, 2.75) is 6.54 Å². The number of fused-ring (bicyclic) bond motifs is 1. The lowest BCUT2D eigenvalue weighted by atomic mass is 10.1. The number of benzene rings is 2. The van der Waals surface area contributed by atoms with Gasteiger partial charge in [-0.1, -0.05) is 58.4 Å². The Balaban J connectivity index is 1.84. The third-order valence-electron chi connectivity index (χ3n) is 3.91. The lowest BCUT2D eigenvalue weighted by Crippen LogP contribution is -2.20. The molecule has 0 atom stereocenters. The molecule has 0 aliphatic rings. The van der Waals surface area contributed by atoms with Gasteiger partial charge in [0, 0.05) is 15.4 Å². The van der Waals surface area contributed by atoms with E-state index in [1.165, 1.54) is 11.3 Å². The van der Waals surface area contributed by atoms with Gasteiger partial charge in [-0.3, -0.25) is 9.36 Å². The van der Waals surface area contributed by atoms with Crippen LogP contribution in [0.1, 0.15) is 5.56 Å². The van der Waals surface area contributed by atoms with Crippen LogP contribution in [0, 0.1) is 0 Å². The second kappa shape index (κ2) is 6.34. The van der Waals surface area contributed by atoms with E-state index in [9.17, 15) is 4.79 Å². The Hall–Kier alpha value is -2.24. The summed E-state index contributed by atoms with van der Waals surface area (Å²) in [6, 6.07) is 17.9. The smallest absolute Gasteiger partial charge is 0.263 e. The monoisotopic (exact) mass is 396 g/mol. The van der Waals surface area contributed by atoms with Gasteiger partial charge < -0.3 is 0 Å². The molecule has 4 aromatic rings. The van der Waals surface area contributed by atoms with Crippen LogP contribution < -0.4 is 5.56 Å². The second-order valence-electron chi connectivity index (χ2n) is 5.50. The molecule has 0 unspecified atom stereocenters. The van der Waals surface area contributed by atoms with Crippen LogP contribution in [0.5, 0.6) is 0 Å². The third-order valence-corrected chi connectivity index (χ3v) is 5.33. The number of aromatic nitrogens is 2. The van der Waals surface area contributed by atoms with Gasteiger partial charge in [-0.05, 0) is 23.3 Å². The summed E-state index contributed by atoms with van der Waals surface area (Å²) in [6.07, 6.45) is 1.64. The highest BCUT2D eigenvalue weighted by atomic mass is 79.9. The highest BCUT2D eigenvalue weighted by Gasteiger charge is 2.13. The van der Waals surface area contributed by atoms with Gasteiger partial charge in [-0.2, -0.15) is 0 Å². The topological polar surface area (TPSA) is 34.9 Å². The van der Waals surface area contributed by atoms with Crippen molar-refractivity contribution in [3.63, 3.8) is 0 Å². The Labute approximate surface area is 151 Å². The van der Waals surface area contributed by atoms with E-state index in [1.807, 2.05) is 60.0 Å². The molecule has 0 saturated carbocycles. The van der Waals surface area contributed by atoms with E-state index in [1.54, 1.807) is 10.9 Å². The van der Waals surface area contributed by atoms with Crippen molar-refractivity contribution in [3.05, 3.63) is 86.7 Å². The third kappa shape index (κ3) is 2.81. The maximum absolute atomic E-state index is 13.0. The van der Waals surface area contributed by atoms with E-state index in [-0.39, 0.29) is 5.56 Å². The number of rotatable bonds is 3. The molecule has 0 fully saturated rings. The van der Waals surface area contributed by atoms with Gasteiger partial charge in [-0.15, -0.1) is 11.3 Å². The molecule has 0 bridgehead atoms. The minimum Gasteiger partial charge on any atom is -0.294 e. The van der Waals surface area contributed by atoms with Crippen LogP contribution in [-0.4, -0.2) is 9.55 Å². The fourth-order valence-electron chi connectivity index (χ4n) is 2.70. The molecule has 0 N–H and O–H groups in total. The zero-order valence-corrected chi connectivity index (χ0v) is 15.0. The fourth-order valence-corrected chi connectivity index (χ4v) is 3.87. The number of nitrogens with zero attached hydrogens (tertiary/aromatic N) is 2. The average molecular weight is 397 g/mol. The summed E-state index contributed by atoms with van der Waals surface area (Å²) in [5, 5.41) is 2.70. The minimum atomic E-state index is 0.00280. The maximum Gasteiger partial charge on any atom is 0.263 e. The van der Waals surface area contributed by atoms with Crippen LogP contribution in [0.3, 0.4) is 0 Å². The summed E-state index contributed by atoms with van der Waals surface area (Å²) in [5.41, 5.74) is 3.06. The van der Waals surface area contributed by atoms with E-state index in [4.69, 9.17) is 0 Å². The lowest BCUT2D eigenvalue weighted by Gasteiger charge is -2.06. The summed E-state index contributed by atoms with van der Waals surface area (Å²) < 4.78 is 2.69. The van der Waals surface area contributed by atoms with Crippen molar-refractivity contribution in [1.29, 1.82) is 0 Å². The first-order valence-corrected chi connectivity index (χ1v) is 9.16. The Morgan fingerprint density at radius 3 is 2.54 bits per heavy atom. The number of halogens is 1. The summed E-state index contributed by atoms with van der Waals surface area (Å²) in [6.45, 7) is 0.526. The van der Waals surface area contributed by atoms with Gasteiger partial charge in [0.25, 0.3) is 5.56 Å². The van der Waals surface area contributed by atoms with Crippen molar-refractivity contribution >= 4 is 37.5 Å². The van der Waals surface area contributed by atoms with E-state index >= 15 is 0 Å². The van der Waals surface area contributed by atoms with E-state index in [0.29, 0.717) is 11.9 Å². The van der Waals surface area contributed by atoms with Crippen molar-refractivity contribution in [2.75, 3.05) is 0 Å². The quantitative estimate of drug-likeness (QED) is 0.491. The maximum atomic E-state index is 13.0. The molecule has 0 amide bonds. The predicted molar refractivity (Wildman–Crippen MR) is 103 cm³/mol. The summed E-state index contributed by atoms with van der Waals surface area (Å²) in [5.74, 6) is 0. The number of hydrogen-bond acceptors (Lipinski definition) is 3. The lowest BCUT2D eigenvalue weighted by molar-refractivity contribution is 0.749. The molecule has 0 spiro atoms. The first-order valence-electron chi connectivity index (χ1n) is 7.49. The summed E-state index contributed by atoms with van der Waals surface area (Å²) in [7, 11) is 0. The molecule has 2 aromatic carbocycles. The van der Waals surface area contributed by atoms with E-state index in [2.05, 4.69) is 20.9 Å². The molecular weight excluding hydrogens is 384 g/mol. The second-order valence-corrected chi connectivity index (χ2v) is 7.27. The standard InChI is InChI=1S/C19H13BrN2OS/c20-15-8-6-14(7-9-15)16-11-24-18-17(16)19(23)22(12-21-18)10-13-4-2-1-3-5-13/h1-9,11-12H,10H2. The predicted octanol–water partition coefficient (Wildman–Crippen LogP) is 4.94. The SMILES string of the molecule is O=c1c2c(-c3ccc(Br)cc3)csc2ncn1Cc1ccccc1. The van der Waals surface area contributed by atoms with Crippen LogP contribution in [0.15, 0.2) is 75.6 Å². The van der Waals surface area contributed by atoms with Gasteiger partial charge in [0.05, 0.1) is 18.3 Å². The van der Waals surface area contributed by atoms with Crippen LogP contribution in [0.4, 0.5) is 0 Å². The van der Waals surface area contributed by atoms with E-state index < -0.39 is 0 Å². The van der Waals surface area contributed by atoms with Crippen LogP contribution in [0.2, 0.25) is 0 Å². The van der Waals surface area contributed by atoms with Gasteiger partial charge >= 0.3 is 0 Å². The van der Waals surface area contributed by atoms with Crippen molar-refractivity contribution < 1.29 is 0 Å². The molecule has 4 rings (SSSR count). The summed E-state index contributed by atoms with van der Waals surface area (Å²) >= 11 is 4.95. The molecular formula is C19H13BrN2OS. The van der Waals surface area contributed by atoms with Gasteiger partial charge in [0.2, 0.25) is 0 Å². The molecule has 3 nitrogen and oxygen atoms in total. The van der Waals surface area contributed by atoms with Crippen molar-refractivity contribution in [3.8, 4) is 11.1 Å². The Bertz CT molecular complexity index is 1050.